The summed E-state index contributed by atoms with van der Waals surface area (Å²) in [7, 11) is 0. The molecule has 1 aromatic carbocycles. The van der Waals surface area contributed by atoms with Crippen LogP contribution < -0.4 is 17.7 Å². The Labute approximate surface area is 94.8 Å². The number of alkyl halides is 1. The van der Waals surface area contributed by atoms with E-state index in [0.29, 0.717) is 5.88 Å². The monoisotopic (exact) mass is 239 g/mol. The average molecular weight is 241 g/mol. The predicted octanol–water partition coefficient (Wildman–Crippen LogP) is -1.35. The van der Waals surface area contributed by atoms with E-state index in [4.69, 9.17) is 23.2 Å². The maximum absolute atomic E-state index is 5.74. The van der Waals surface area contributed by atoms with Crippen molar-refractivity contribution < 1.29 is 17.7 Å². The van der Waals surface area contributed by atoms with Crippen molar-refractivity contribution in [2.75, 3.05) is 12.4 Å². The third-order valence-electron chi connectivity index (χ3n) is 1.61. The Bertz CT molecular complexity index is 223. The molecule has 0 aliphatic heterocycles. The van der Waals surface area contributed by atoms with Crippen molar-refractivity contribution >= 4 is 23.2 Å². The second-order valence-corrected chi connectivity index (χ2v) is 3.41. The molecule has 74 valence electrons. The molecule has 0 fully saturated rings. The van der Waals surface area contributed by atoms with Crippen molar-refractivity contribution in [2.24, 2.45) is 0 Å². The largest absolute Gasteiger partial charge is 1.00 e. The second-order valence-electron chi connectivity index (χ2n) is 2.60. The van der Waals surface area contributed by atoms with Crippen LogP contribution in [-0.2, 0) is 6.54 Å². The summed E-state index contributed by atoms with van der Waals surface area (Å²) in [6, 6.07) is 7.89. The molecule has 0 atom stereocenters. The van der Waals surface area contributed by atoms with Crippen molar-refractivity contribution in [1.29, 1.82) is 0 Å². The third kappa shape index (κ3) is 5.37. The third-order valence-corrected chi connectivity index (χ3v) is 2.08. The minimum absolute atomic E-state index is 0. The van der Waals surface area contributed by atoms with Gasteiger partial charge in [0, 0.05) is 10.6 Å². The second kappa shape index (κ2) is 7.45. The van der Waals surface area contributed by atoms with Crippen LogP contribution >= 0.6 is 23.2 Å². The van der Waals surface area contributed by atoms with E-state index in [1.165, 1.54) is 5.56 Å². The summed E-state index contributed by atoms with van der Waals surface area (Å²) in [5, 5.41) is 2.96. The number of nitrogens with two attached hydrogens (primary N) is 1. The number of quaternary nitrogens is 1. The molecule has 1 nitrogen and oxygen atoms in total. The molecule has 0 aliphatic carbocycles. The molecule has 1 aromatic rings. The summed E-state index contributed by atoms with van der Waals surface area (Å²) in [5.41, 5.74) is 1.28. The number of hydrogen-bond donors (Lipinski definition) is 1. The number of halogens is 3. The minimum Gasteiger partial charge on any atom is -1.00 e. The maximum Gasteiger partial charge on any atom is 0.101 e. The van der Waals surface area contributed by atoms with Crippen molar-refractivity contribution in [2.45, 2.75) is 6.54 Å². The van der Waals surface area contributed by atoms with E-state index in [9.17, 15) is 0 Å². The molecule has 13 heavy (non-hydrogen) atoms. The first kappa shape index (κ1) is 13.1. The van der Waals surface area contributed by atoms with Crippen molar-refractivity contribution in [1.82, 2.24) is 0 Å². The number of hydrogen-bond acceptors (Lipinski definition) is 0. The molecule has 0 aliphatic rings. The molecule has 4 heteroatoms. The Balaban J connectivity index is 0.00000144. The maximum atomic E-state index is 5.74. The van der Waals surface area contributed by atoms with Gasteiger partial charge in [-0.3, -0.25) is 0 Å². The van der Waals surface area contributed by atoms with E-state index in [-0.39, 0.29) is 12.4 Å². The van der Waals surface area contributed by atoms with Crippen LogP contribution in [0, 0.1) is 0 Å². The van der Waals surface area contributed by atoms with Gasteiger partial charge in [-0.05, 0) is 12.1 Å². The van der Waals surface area contributed by atoms with Gasteiger partial charge in [0.05, 0.1) is 12.4 Å². The Morgan fingerprint density at radius 2 is 1.77 bits per heavy atom. The molecule has 0 spiro atoms. The lowest BCUT2D eigenvalue weighted by molar-refractivity contribution is -0.666. The minimum atomic E-state index is 0. The summed E-state index contributed by atoms with van der Waals surface area (Å²) >= 11 is 11.3. The lowest BCUT2D eigenvalue weighted by atomic mass is 10.2. The molecule has 0 aromatic heterocycles. The van der Waals surface area contributed by atoms with Crippen LogP contribution in [0.2, 0.25) is 5.02 Å². The van der Waals surface area contributed by atoms with Gasteiger partial charge in [-0.1, -0.05) is 23.7 Å². The van der Waals surface area contributed by atoms with Gasteiger partial charge in [0.2, 0.25) is 0 Å². The zero-order valence-electron chi connectivity index (χ0n) is 7.14. The number of rotatable bonds is 4. The van der Waals surface area contributed by atoms with Crippen LogP contribution in [0.3, 0.4) is 0 Å². The van der Waals surface area contributed by atoms with Crippen molar-refractivity contribution in [3.8, 4) is 0 Å². The summed E-state index contributed by atoms with van der Waals surface area (Å²) in [4.78, 5) is 0. The Hall–Kier alpha value is 0.0500. The summed E-state index contributed by atoms with van der Waals surface area (Å²) in [5.74, 6) is 0.702. The van der Waals surface area contributed by atoms with Crippen LogP contribution in [0.25, 0.3) is 0 Å². The zero-order valence-corrected chi connectivity index (χ0v) is 9.41. The highest BCUT2D eigenvalue weighted by molar-refractivity contribution is 6.30. The van der Waals surface area contributed by atoms with E-state index in [1.54, 1.807) is 0 Å². The van der Waals surface area contributed by atoms with Gasteiger partial charge in [0.15, 0.2) is 0 Å². The SMILES string of the molecule is ClCC[NH2+]Cc1ccc(Cl)cc1.[Cl-]. The van der Waals surface area contributed by atoms with Crippen LogP contribution in [0.5, 0.6) is 0 Å². The van der Waals surface area contributed by atoms with E-state index in [0.717, 1.165) is 18.1 Å². The molecule has 2 N–H and O–H groups in total. The Morgan fingerprint density at radius 3 is 2.31 bits per heavy atom. The highest BCUT2D eigenvalue weighted by atomic mass is 35.5. The van der Waals surface area contributed by atoms with Crippen LogP contribution in [0.15, 0.2) is 24.3 Å². The molecule has 0 amide bonds. The molecule has 0 heterocycles. The highest BCUT2D eigenvalue weighted by Gasteiger charge is 1.94. The summed E-state index contributed by atoms with van der Waals surface area (Å²) < 4.78 is 0. The van der Waals surface area contributed by atoms with Gasteiger partial charge in [-0.15, -0.1) is 11.6 Å². The standard InChI is InChI=1S/C9H11Cl2N.ClH/c10-5-6-12-7-8-1-3-9(11)4-2-8;/h1-4,12H,5-7H2;1H. The predicted molar refractivity (Wildman–Crippen MR) is 52.7 cm³/mol. The molecule has 0 unspecified atom stereocenters. The fraction of sp³-hybridized carbons (Fsp3) is 0.333. The first-order chi connectivity index (χ1) is 5.83. The first-order valence-corrected chi connectivity index (χ1v) is 4.86. The topological polar surface area (TPSA) is 16.6 Å². The highest BCUT2D eigenvalue weighted by Crippen LogP contribution is 2.08. The van der Waals surface area contributed by atoms with Gasteiger partial charge in [-0.2, -0.15) is 0 Å². The van der Waals surface area contributed by atoms with Crippen LogP contribution in [0.1, 0.15) is 5.56 Å². The molecule has 0 saturated heterocycles. The molecular formula is C9H12Cl3N. The van der Waals surface area contributed by atoms with Crippen molar-refractivity contribution in [3.63, 3.8) is 0 Å². The molecule has 0 bridgehead atoms. The quantitative estimate of drug-likeness (QED) is 0.495. The van der Waals surface area contributed by atoms with E-state index >= 15 is 0 Å². The normalized spacial score (nSPS) is 9.38. The summed E-state index contributed by atoms with van der Waals surface area (Å²) in [6.45, 7) is 1.94. The van der Waals surface area contributed by atoms with Crippen molar-refractivity contribution in [3.05, 3.63) is 34.9 Å². The molecule has 1 rings (SSSR count). The fourth-order valence-corrected chi connectivity index (χ4v) is 1.25. The van der Waals surface area contributed by atoms with E-state index in [1.807, 2.05) is 24.3 Å². The van der Waals surface area contributed by atoms with Crippen LogP contribution in [-0.4, -0.2) is 12.4 Å². The van der Waals surface area contributed by atoms with Gasteiger partial charge < -0.3 is 17.7 Å². The fourth-order valence-electron chi connectivity index (χ4n) is 0.966. The number of benzene rings is 1. The zero-order chi connectivity index (χ0) is 8.81. The lowest BCUT2D eigenvalue weighted by Gasteiger charge is -1.99. The van der Waals surface area contributed by atoms with E-state index < -0.39 is 0 Å². The smallest absolute Gasteiger partial charge is 0.101 e. The average Bonchev–Trinajstić information content (AvgIpc) is 2.09. The van der Waals surface area contributed by atoms with Gasteiger partial charge in [0.25, 0.3) is 0 Å². The Morgan fingerprint density at radius 1 is 1.15 bits per heavy atom. The van der Waals surface area contributed by atoms with Gasteiger partial charge in [-0.25, -0.2) is 0 Å². The van der Waals surface area contributed by atoms with Gasteiger partial charge in [0.1, 0.15) is 6.54 Å². The Kier molecular flexibility index (Phi) is 7.48. The molecular weight excluding hydrogens is 228 g/mol. The lowest BCUT2D eigenvalue weighted by Crippen LogP contribution is -3.00. The molecule has 0 saturated carbocycles. The summed E-state index contributed by atoms with van der Waals surface area (Å²) in [6.07, 6.45) is 0. The van der Waals surface area contributed by atoms with Gasteiger partial charge >= 0.3 is 0 Å². The van der Waals surface area contributed by atoms with E-state index in [2.05, 4.69) is 5.32 Å². The molecule has 0 radical (unpaired) electrons. The van der Waals surface area contributed by atoms with Crippen LogP contribution in [0.4, 0.5) is 0 Å². The first-order valence-electron chi connectivity index (χ1n) is 3.95.